The molecule has 5 heteroatoms. The standard InChI is InChI=1S/C30H24NO3P/c1-34-30(33)28-25-19-11-12-20-26(25)31-29(28)27(32)21-35(22-13-5-2-6-14-22,23-15-7-3-8-16-23)24-17-9-4-10-18-24/h2-21,31H,1H3. The lowest BCUT2D eigenvalue weighted by Crippen LogP contribution is -2.29. The van der Waals surface area contributed by atoms with Crippen LogP contribution in [0.3, 0.4) is 0 Å². The minimum Gasteiger partial charge on any atom is -0.465 e. The average molecular weight is 478 g/mol. The Bertz CT molecular complexity index is 1450. The summed E-state index contributed by atoms with van der Waals surface area (Å²) >= 11 is 0. The number of para-hydroxylation sites is 1. The zero-order valence-corrected chi connectivity index (χ0v) is 20.1. The van der Waals surface area contributed by atoms with Crippen LogP contribution in [0, 0.1) is 0 Å². The number of aromatic nitrogens is 1. The first-order valence-corrected chi connectivity index (χ1v) is 13.2. The molecule has 0 saturated carbocycles. The van der Waals surface area contributed by atoms with Crippen molar-refractivity contribution in [2.45, 2.75) is 0 Å². The Morgan fingerprint density at radius 2 is 1.14 bits per heavy atom. The molecule has 0 bridgehead atoms. The molecule has 35 heavy (non-hydrogen) atoms. The number of methoxy groups -OCH3 is 1. The first-order chi connectivity index (χ1) is 17.1. The second-order valence-electron chi connectivity index (χ2n) is 8.13. The highest BCUT2D eigenvalue weighted by Gasteiger charge is 2.29. The van der Waals surface area contributed by atoms with Gasteiger partial charge in [0.2, 0.25) is 5.78 Å². The van der Waals surface area contributed by atoms with E-state index in [1.54, 1.807) is 0 Å². The van der Waals surface area contributed by atoms with E-state index in [0.29, 0.717) is 10.9 Å². The Kier molecular flexibility index (Phi) is 6.22. The minimum absolute atomic E-state index is 0.241. The van der Waals surface area contributed by atoms with Crippen molar-refractivity contribution >= 4 is 51.3 Å². The largest absolute Gasteiger partial charge is 0.465 e. The van der Waals surface area contributed by atoms with Crippen molar-refractivity contribution in [3.05, 3.63) is 127 Å². The van der Waals surface area contributed by atoms with Crippen LogP contribution in [0.2, 0.25) is 0 Å². The summed E-state index contributed by atoms with van der Waals surface area (Å²) in [5.41, 5.74) is 1.22. The number of ether oxygens (including phenoxy) is 1. The van der Waals surface area contributed by atoms with Crippen LogP contribution in [0.15, 0.2) is 115 Å². The number of fused-ring (bicyclic) bond motifs is 1. The van der Waals surface area contributed by atoms with Crippen LogP contribution in [0.1, 0.15) is 20.8 Å². The van der Waals surface area contributed by atoms with Crippen molar-refractivity contribution in [1.82, 2.24) is 4.98 Å². The summed E-state index contributed by atoms with van der Waals surface area (Å²) < 4.78 is 5.06. The van der Waals surface area contributed by atoms with Crippen LogP contribution in [0.4, 0.5) is 0 Å². The molecule has 5 rings (SSSR count). The second-order valence-corrected chi connectivity index (χ2v) is 11.4. The quantitative estimate of drug-likeness (QED) is 0.214. The first-order valence-electron chi connectivity index (χ1n) is 11.3. The van der Waals surface area contributed by atoms with E-state index in [9.17, 15) is 9.59 Å². The molecule has 1 aromatic heterocycles. The van der Waals surface area contributed by atoms with Crippen molar-refractivity contribution in [2.75, 3.05) is 7.11 Å². The number of benzene rings is 4. The molecule has 0 aliphatic carbocycles. The summed E-state index contributed by atoms with van der Waals surface area (Å²) in [6.45, 7) is -2.52. The predicted octanol–water partition coefficient (Wildman–Crippen LogP) is 4.93. The fourth-order valence-electron chi connectivity index (χ4n) is 4.54. The van der Waals surface area contributed by atoms with Crippen molar-refractivity contribution in [3.8, 4) is 0 Å². The minimum atomic E-state index is -2.52. The van der Waals surface area contributed by atoms with Crippen LogP contribution in [0.5, 0.6) is 0 Å². The Balaban J connectivity index is 1.86. The van der Waals surface area contributed by atoms with E-state index in [0.717, 1.165) is 15.9 Å². The third-order valence-corrected chi connectivity index (χ3v) is 10.1. The van der Waals surface area contributed by atoms with Gasteiger partial charge in [-0.3, -0.25) is 4.79 Å². The van der Waals surface area contributed by atoms with Crippen LogP contribution in [-0.4, -0.2) is 29.6 Å². The van der Waals surface area contributed by atoms with Crippen LogP contribution in [0.25, 0.3) is 10.9 Å². The number of esters is 1. The van der Waals surface area contributed by atoms with Gasteiger partial charge in [0.25, 0.3) is 0 Å². The maximum atomic E-state index is 14.1. The second kappa shape index (κ2) is 9.61. The molecule has 0 aliphatic rings. The van der Waals surface area contributed by atoms with Crippen molar-refractivity contribution in [3.63, 3.8) is 0 Å². The Labute approximate surface area is 204 Å². The van der Waals surface area contributed by atoms with E-state index in [1.807, 2.05) is 84.7 Å². The molecule has 1 heterocycles. The maximum absolute atomic E-state index is 14.1. The summed E-state index contributed by atoms with van der Waals surface area (Å²) in [6, 6.07) is 37.7. The number of aromatic amines is 1. The Morgan fingerprint density at radius 1 is 0.686 bits per heavy atom. The molecule has 0 atom stereocenters. The number of ketones is 1. The first kappa shape index (κ1) is 22.6. The van der Waals surface area contributed by atoms with E-state index >= 15 is 0 Å². The summed E-state index contributed by atoms with van der Waals surface area (Å²) in [5, 5.41) is 3.84. The predicted molar refractivity (Wildman–Crippen MR) is 145 cm³/mol. The van der Waals surface area contributed by atoms with Gasteiger partial charge in [-0.25, -0.2) is 4.79 Å². The van der Waals surface area contributed by atoms with Gasteiger partial charge in [-0.15, -0.1) is 0 Å². The normalized spacial score (nSPS) is 11.2. The van der Waals surface area contributed by atoms with Crippen LogP contribution >= 0.6 is 6.89 Å². The highest BCUT2D eigenvalue weighted by atomic mass is 31.2. The van der Waals surface area contributed by atoms with E-state index in [2.05, 4.69) is 41.4 Å². The number of carbonyl (C=O) groups excluding carboxylic acids is 2. The summed E-state index contributed by atoms with van der Waals surface area (Å²) in [6.07, 6.45) is 0. The van der Waals surface area contributed by atoms with Crippen molar-refractivity contribution in [2.24, 2.45) is 0 Å². The molecular formula is C30H24NO3P. The zero-order valence-electron chi connectivity index (χ0n) is 19.2. The fourth-order valence-corrected chi connectivity index (χ4v) is 8.29. The third-order valence-electron chi connectivity index (χ3n) is 6.14. The average Bonchev–Trinajstić information content (AvgIpc) is 3.32. The van der Waals surface area contributed by atoms with Gasteiger partial charge in [-0.05, 0) is 34.7 Å². The van der Waals surface area contributed by atoms with Crippen LogP contribution in [-0.2, 0) is 4.74 Å². The SMILES string of the molecule is COC(=O)c1c(C(=O)C=P(c2ccccc2)(c2ccccc2)c2ccccc2)[nH]c2ccccc12. The summed E-state index contributed by atoms with van der Waals surface area (Å²) in [4.78, 5) is 30.1. The summed E-state index contributed by atoms with van der Waals surface area (Å²) in [5.74, 6) is 1.04. The fraction of sp³-hybridized carbons (Fsp3) is 0.0333. The molecule has 4 aromatic carbocycles. The van der Waals surface area contributed by atoms with Gasteiger partial charge in [-0.2, -0.15) is 0 Å². The van der Waals surface area contributed by atoms with Crippen molar-refractivity contribution in [1.29, 1.82) is 0 Å². The molecule has 4 nitrogen and oxygen atoms in total. The number of nitrogens with one attached hydrogen (secondary N) is 1. The molecule has 0 saturated heterocycles. The Morgan fingerprint density at radius 3 is 1.63 bits per heavy atom. The lowest BCUT2D eigenvalue weighted by atomic mass is 10.1. The highest BCUT2D eigenvalue weighted by Crippen LogP contribution is 2.44. The topological polar surface area (TPSA) is 59.2 Å². The number of carbonyl (C=O) groups is 2. The van der Waals surface area contributed by atoms with Gasteiger partial charge in [0, 0.05) is 10.9 Å². The molecule has 0 aliphatic heterocycles. The molecule has 172 valence electrons. The molecular weight excluding hydrogens is 453 g/mol. The molecule has 0 spiro atoms. The number of Topliss-reactive ketones (excluding diaryl/α,β-unsaturated/α-hetero) is 1. The Hall–Kier alpha value is -4.14. The van der Waals surface area contributed by atoms with E-state index in [-0.39, 0.29) is 17.0 Å². The van der Waals surface area contributed by atoms with Gasteiger partial charge in [0.05, 0.1) is 12.7 Å². The number of rotatable bonds is 6. The lowest BCUT2D eigenvalue weighted by molar-refractivity contribution is 0.0600. The number of H-pyrrole nitrogens is 1. The van der Waals surface area contributed by atoms with Crippen LogP contribution < -0.4 is 15.9 Å². The van der Waals surface area contributed by atoms with Gasteiger partial charge in [0.1, 0.15) is 5.69 Å². The van der Waals surface area contributed by atoms with E-state index < -0.39 is 12.9 Å². The smallest absolute Gasteiger partial charge is 0.340 e. The van der Waals surface area contributed by atoms with Gasteiger partial charge < -0.3 is 9.72 Å². The van der Waals surface area contributed by atoms with Crippen molar-refractivity contribution < 1.29 is 14.3 Å². The molecule has 0 fully saturated rings. The van der Waals surface area contributed by atoms with Gasteiger partial charge >= 0.3 is 5.97 Å². The number of hydrogen-bond acceptors (Lipinski definition) is 3. The van der Waals surface area contributed by atoms with Gasteiger partial charge in [-0.1, -0.05) is 109 Å². The van der Waals surface area contributed by atoms with Gasteiger partial charge in [0.15, 0.2) is 0 Å². The monoisotopic (exact) mass is 477 g/mol. The molecule has 0 unspecified atom stereocenters. The zero-order chi connectivity index (χ0) is 24.3. The molecule has 0 amide bonds. The van der Waals surface area contributed by atoms with E-state index in [1.165, 1.54) is 7.11 Å². The number of hydrogen-bond donors (Lipinski definition) is 1. The van der Waals surface area contributed by atoms with E-state index in [4.69, 9.17) is 4.74 Å². The lowest BCUT2D eigenvalue weighted by Gasteiger charge is -2.28. The summed E-state index contributed by atoms with van der Waals surface area (Å²) in [7, 11) is 1.33. The highest BCUT2D eigenvalue weighted by molar-refractivity contribution is 7.95. The molecule has 0 radical (unpaired) electrons. The molecule has 5 aromatic rings. The molecule has 1 N–H and O–H groups in total. The third kappa shape index (κ3) is 4.03. The maximum Gasteiger partial charge on any atom is 0.340 e.